The van der Waals surface area contributed by atoms with Crippen LogP contribution in [0.5, 0.6) is 0 Å². The average Bonchev–Trinajstić information content (AvgIpc) is 3.47. The van der Waals surface area contributed by atoms with E-state index in [9.17, 15) is 10.5 Å². The highest BCUT2D eigenvalue weighted by Crippen LogP contribution is 2.38. The van der Waals surface area contributed by atoms with Crippen LogP contribution in [0.2, 0.25) is 10.0 Å². The van der Waals surface area contributed by atoms with Crippen molar-refractivity contribution in [3.63, 3.8) is 0 Å². The summed E-state index contributed by atoms with van der Waals surface area (Å²) in [7, 11) is 0. The van der Waals surface area contributed by atoms with Gasteiger partial charge in [0.2, 0.25) is 0 Å². The highest BCUT2D eigenvalue weighted by Gasteiger charge is 2.31. The van der Waals surface area contributed by atoms with Gasteiger partial charge in [-0.05, 0) is 35.7 Å². The Balaban J connectivity index is 1.41. The van der Waals surface area contributed by atoms with Gasteiger partial charge in [0.25, 0.3) is 0 Å². The summed E-state index contributed by atoms with van der Waals surface area (Å²) in [4.78, 5) is 4.52. The zero-order valence-corrected chi connectivity index (χ0v) is 24.5. The number of pyridine rings is 1. The maximum atomic E-state index is 10.1. The van der Waals surface area contributed by atoms with E-state index in [0.29, 0.717) is 63.9 Å². The van der Waals surface area contributed by atoms with Crippen molar-refractivity contribution in [1.82, 2.24) is 21.0 Å². The van der Waals surface area contributed by atoms with Crippen LogP contribution in [0.1, 0.15) is 41.6 Å². The molecular weight excluding hydrogens is 583 g/mol. The Kier molecular flexibility index (Phi) is 8.50. The van der Waals surface area contributed by atoms with Crippen LogP contribution in [0.15, 0.2) is 84.8 Å². The molecule has 1 saturated heterocycles. The van der Waals surface area contributed by atoms with Crippen molar-refractivity contribution < 1.29 is 4.74 Å². The van der Waals surface area contributed by atoms with Crippen LogP contribution >= 0.6 is 23.2 Å². The first kappa shape index (κ1) is 28.6. The summed E-state index contributed by atoms with van der Waals surface area (Å²) in [6.07, 6.45) is 4.45. The van der Waals surface area contributed by atoms with Gasteiger partial charge in [0, 0.05) is 34.9 Å². The second kappa shape index (κ2) is 12.8. The molecule has 0 spiro atoms. The summed E-state index contributed by atoms with van der Waals surface area (Å²) < 4.78 is 5.36. The molecule has 0 amide bonds. The van der Waals surface area contributed by atoms with Crippen LogP contribution in [0.3, 0.4) is 0 Å². The number of rotatable bonds is 10. The molecule has 0 unspecified atom stereocenters. The van der Waals surface area contributed by atoms with Gasteiger partial charge in [-0.25, -0.2) is 0 Å². The number of nitriles is 2. The van der Waals surface area contributed by atoms with Gasteiger partial charge in [0.1, 0.15) is 6.07 Å². The fraction of sp³-hybridized carbons (Fsp3) is 0.219. The molecule has 216 valence electrons. The standard InChI is InChI=1S/C32H28Cl2N8O/c33-26-10-5-4-9-24(26)32(29-17-42(41-40-29)23-18-43-19-23)38-22-13-25-30(21(15-36)16-37-31(25)27(34)14-22)39-28(11-6-12-35)20-7-2-1-3-8-20/h1-5,7-10,13-14,16-17,23,28,32,38,40-41H,6,11,18-19H2,(H,37,39)/t28-,32+/m1/s1. The van der Waals surface area contributed by atoms with Crippen LogP contribution in [0.25, 0.3) is 10.9 Å². The van der Waals surface area contributed by atoms with Crippen LogP contribution in [0, 0.1) is 22.7 Å². The predicted molar refractivity (Wildman–Crippen MR) is 168 cm³/mol. The highest BCUT2D eigenvalue weighted by atomic mass is 35.5. The second-order valence-corrected chi connectivity index (χ2v) is 11.2. The third-order valence-corrected chi connectivity index (χ3v) is 8.20. The van der Waals surface area contributed by atoms with E-state index in [2.05, 4.69) is 38.7 Å². The number of halogens is 2. The molecule has 4 aromatic rings. The molecular formula is C32H28Cl2N8O. The molecule has 9 nitrogen and oxygen atoms in total. The number of benzene rings is 3. The van der Waals surface area contributed by atoms with E-state index >= 15 is 0 Å². The van der Waals surface area contributed by atoms with Crippen molar-refractivity contribution in [2.24, 2.45) is 0 Å². The van der Waals surface area contributed by atoms with Crippen molar-refractivity contribution in [2.45, 2.75) is 31.0 Å². The first-order chi connectivity index (χ1) is 21.1. The molecule has 1 fully saturated rings. The van der Waals surface area contributed by atoms with Crippen LogP contribution in [-0.4, -0.2) is 29.2 Å². The molecule has 6 rings (SSSR count). The van der Waals surface area contributed by atoms with Gasteiger partial charge < -0.3 is 20.8 Å². The first-order valence-electron chi connectivity index (χ1n) is 13.9. The minimum absolute atomic E-state index is 0.204. The van der Waals surface area contributed by atoms with E-state index in [1.165, 1.54) is 6.20 Å². The molecule has 2 atom stereocenters. The SMILES string of the molecule is N#CCC[C@@H](Nc1c(C#N)cnc2c(Cl)cc(N[C@H](C3=CN(C4COC4)NN3)c3ccccc3Cl)cc12)c1ccccc1. The lowest BCUT2D eigenvalue weighted by atomic mass is 10.00. The molecule has 0 aliphatic carbocycles. The Hall–Kier alpha value is -4.51. The first-order valence-corrected chi connectivity index (χ1v) is 14.6. The topological polar surface area (TPSA) is 121 Å². The van der Waals surface area contributed by atoms with Gasteiger partial charge in [0.15, 0.2) is 0 Å². The van der Waals surface area contributed by atoms with Crippen LogP contribution in [-0.2, 0) is 4.74 Å². The van der Waals surface area contributed by atoms with E-state index in [-0.39, 0.29) is 18.1 Å². The average molecular weight is 612 g/mol. The quantitative estimate of drug-likeness (QED) is 0.157. The Morgan fingerprint density at radius 1 is 1.02 bits per heavy atom. The number of fused-ring (bicyclic) bond motifs is 1. The van der Waals surface area contributed by atoms with Crippen molar-refractivity contribution in [2.75, 3.05) is 23.8 Å². The molecule has 3 heterocycles. The summed E-state index contributed by atoms with van der Waals surface area (Å²) in [5.41, 5.74) is 11.5. The Morgan fingerprint density at radius 3 is 2.53 bits per heavy atom. The van der Waals surface area contributed by atoms with Crippen LogP contribution in [0.4, 0.5) is 11.4 Å². The van der Waals surface area contributed by atoms with Gasteiger partial charge in [-0.15, -0.1) is 5.53 Å². The fourth-order valence-electron chi connectivity index (χ4n) is 5.24. The van der Waals surface area contributed by atoms with Crippen LogP contribution < -0.4 is 21.6 Å². The lowest BCUT2D eigenvalue weighted by Gasteiger charge is -2.33. The summed E-state index contributed by atoms with van der Waals surface area (Å²) in [6.45, 7) is 1.29. The monoisotopic (exact) mass is 610 g/mol. The Labute approximate surface area is 259 Å². The predicted octanol–water partition coefficient (Wildman–Crippen LogP) is 6.59. The molecule has 43 heavy (non-hydrogen) atoms. The maximum Gasteiger partial charge on any atom is 0.103 e. The highest BCUT2D eigenvalue weighted by molar-refractivity contribution is 6.36. The lowest BCUT2D eigenvalue weighted by Crippen LogP contribution is -2.52. The van der Waals surface area contributed by atoms with E-state index < -0.39 is 0 Å². The fourth-order valence-corrected chi connectivity index (χ4v) is 5.76. The number of hydrogen-bond donors (Lipinski definition) is 4. The largest absolute Gasteiger partial charge is 0.377 e. The van der Waals surface area contributed by atoms with Gasteiger partial charge in [0.05, 0.1) is 64.9 Å². The molecule has 3 aromatic carbocycles. The molecule has 2 aliphatic heterocycles. The minimum atomic E-state index is -0.364. The number of hydrazine groups is 2. The normalized spacial score (nSPS) is 15.9. The van der Waals surface area contributed by atoms with E-state index in [4.69, 9.17) is 27.9 Å². The molecule has 2 aliphatic rings. The number of ether oxygens (including phenoxy) is 1. The van der Waals surface area contributed by atoms with E-state index in [1.54, 1.807) is 0 Å². The van der Waals surface area contributed by atoms with Gasteiger partial charge >= 0.3 is 0 Å². The third-order valence-electron chi connectivity index (χ3n) is 7.57. The lowest BCUT2D eigenvalue weighted by molar-refractivity contribution is -0.0635. The van der Waals surface area contributed by atoms with E-state index in [1.807, 2.05) is 77.9 Å². The van der Waals surface area contributed by atoms with Crippen molar-refractivity contribution in [1.29, 1.82) is 10.5 Å². The molecule has 11 heteroatoms. The van der Waals surface area contributed by atoms with Crippen molar-refractivity contribution in [3.8, 4) is 12.1 Å². The van der Waals surface area contributed by atoms with E-state index in [0.717, 1.165) is 16.8 Å². The zero-order chi connectivity index (χ0) is 29.8. The minimum Gasteiger partial charge on any atom is -0.377 e. The third kappa shape index (κ3) is 6.03. The Morgan fingerprint density at radius 2 is 1.81 bits per heavy atom. The zero-order valence-electron chi connectivity index (χ0n) is 23.0. The van der Waals surface area contributed by atoms with Crippen molar-refractivity contribution in [3.05, 3.63) is 112 Å². The maximum absolute atomic E-state index is 10.1. The number of aromatic nitrogens is 1. The molecule has 0 bridgehead atoms. The molecule has 4 N–H and O–H groups in total. The Bertz CT molecular complexity index is 1750. The summed E-state index contributed by atoms with van der Waals surface area (Å²) in [5, 5.41) is 30.3. The summed E-state index contributed by atoms with van der Waals surface area (Å²) in [5.74, 6) is 0. The second-order valence-electron chi connectivity index (χ2n) is 10.3. The summed E-state index contributed by atoms with van der Waals surface area (Å²) in [6, 6.07) is 25.5. The van der Waals surface area contributed by atoms with Gasteiger partial charge in [-0.2, -0.15) is 10.5 Å². The van der Waals surface area contributed by atoms with Crippen molar-refractivity contribution >= 4 is 45.5 Å². The molecule has 0 radical (unpaired) electrons. The number of anilines is 2. The number of nitrogens with zero attached hydrogens (tertiary/aromatic N) is 4. The van der Waals surface area contributed by atoms with Gasteiger partial charge in [-0.1, -0.05) is 71.7 Å². The summed E-state index contributed by atoms with van der Waals surface area (Å²) >= 11 is 13.5. The number of nitrogens with one attached hydrogen (secondary N) is 4. The van der Waals surface area contributed by atoms with Gasteiger partial charge in [-0.3, -0.25) is 9.99 Å². The number of hydrogen-bond acceptors (Lipinski definition) is 9. The molecule has 0 saturated carbocycles. The smallest absolute Gasteiger partial charge is 0.103 e. The molecule has 1 aromatic heterocycles.